The summed E-state index contributed by atoms with van der Waals surface area (Å²) < 4.78 is 37.6. The molecule has 110 valence electrons. The quantitative estimate of drug-likeness (QED) is 0.631. The van der Waals surface area contributed by atoms with Crippen molar-refractivity contribution >= 4 is 15.7 Å². The van der Waals surface area contributed by atoms with Crippen molar-refractivity contribution < 1.29 is 17.9 Å². The highest BCUT2D eigenvalue weighted by molar-refractivity contribution is 7.89. The van der Waals surface area contributed by atoms with Crippen LogP contribution in [0.5, 0.6) is 11.5 Å². The predicted octanol–water partition coefficient (Wildman–Crippen LogP) is 1.28. The van der Waals surface area contributed by atoms with Crippen molar-refractivity contribution in [2.45, 2.75) is 23.8 Å². The fourth-order valence-electron chi connectivity index (χ4n) is 2.10. The number of nitrogens with one attached hydrogen (secondary N) is 1. The average molecular weight is 298 g/mol. The molecule has 0 aromatic heterocycles. The second-order valence-corrected chi connectivity index (χ2v) is 6.19. The third-order valence-corrected chi connectivity index (χ3v) is 4.68. The Hall–Kier alpha value is -1.73. The van der Waals surface area contributed by atoms with Crippen molar-refractivity contribution in [3.8, 4) is 11.5 Å². The van der Waals surface area contributed by atoms with Crippen LogP contribution in [0, 0.1) is 0 Å². The molecule has 0 amide bonds. The molecule has 2 rings (SSSR count). The molecule has 7 heteroatoms. The molecule has 1 aromatic rings. The molecule has 20 heavy (non-hydrogen) atoms. The first-order valence-electron chi connectivity index (χ1n) is 6.16. The third kappa shape index (κ3) is 2.88. The number of nitrogen functional groups attached to an aromatic ring is 1. The van der Waals surface area contributed by atoms with Crippen LogP contribution in [0.25, 0.3) is 0 Å². The summed E-state index contributed by atoms with van der Waals surface area (Å²) in [6.07, 6.45) is 5.28. The van der Waals surface area contributed by atoms with Gasteiger partial charge in [-0.25, -0.2) is 13.1 Å². The zero-order valence-electron chi connectivity index (χ0n) is 11.4. The Bertz CT molecular complexity index is 618. The Kier molecular flexibility index (Phi) is 4.20. The second-order valence-electron chi connectivity index (χ2n) is 4.51. The van der Waals surface area contributed by atoms with Crippen molar-refractivity contribution in [3.05, 3.63) is 24.3 Å². The molecule has 0 atom stereocenters. The number of ether oxygens (including phenoxy) is 2. The fraction of sp³-hybridized carbons (Fsp3) is 0.385. The lowest BCUT2D eigenvalue weighted by molar-refractivity contribution is 0.387. The highest BCUT2D eigenvalue weighted by Gasteiger charge is 2.25. The summed E-state index contributed by atoms with van der Waals surface area (Å²) in [6, 6.07) is 2.70. The minimum absolute atomic E-state index is 0.0187. The first kappa shape index (κ1) is 14.7. The molecule has 0 saturated heterocycles. The van der Waals surface area contributed by atoms with E-state index in [4.69, 9.17) is 15.2 Å². The van der Waals surface area contributed by atoms with Crippen molar-refractivity contribution in [2.75, 3.05) is 20.0 Å². The van der Waals surface area contributed by atoms with Gasteiger partial charge in [0.15, 0.2) is 0 Å². The van der Waals surface area contributed by atoms with Gasteiger partial charge in [0.05, 0.1) is 19.9 Å². The molecule has 1 aliphatic rings. The third-order valence-electron chi connectivity index (χ3n) is 3.14. The number of sulfonamides is 1. The van der Waals surface area contributed by atoms with E-state index in [1.54, 1.807) is 0 Å². The summed E-state index contributed by atoms with van der Waals surface area (Å²) in [6.45, 7) is 0. The molecule has 1 aromatic carbocycles. The van der Waals surface area contributed by atoms with E-state index in [1.165, 1.54) is 26.4 Å². The van der Waals surface area contributed by atoms with Gasteiger partial charge in [-0.1, -0.05) is 12.2 Å². The zero-order chi connectivity index (χ0) is 14.8. The van der Waals surface area contributed by atoms with Crippen LogP contribution < -0.4 is 19.9 Å². The maximum absolute atomic E-state index is 12.4. The standard InChI is InChI=1S/C13H18N2O4S/c1-18-11-8-12(19-2)13(7-10(11)14)20(16,17)15-9-5-3-4-6-9/h3-4,7-9,15H,5-6,14H2,1-2H3. The van der Waals surface area contributed by atoms with Gasteiger partial charge >= 0.3 is 0 Å². The molecule has 0 fully saturated rings. The maximum Gasteiger partial charge on any atom is 0.244 e. The average Bonchev–Trinajstić information content (AvgIpc) is 2.90. The van der Waals surface area contributed by atoms with Crippen LogP contribution in [0.2, 0.25) is 0 Å². The molecule has 0 unspecified atom stereocenters. The molecule has 0 heterocycles. The van der Waals surface area contributed by atoms with Crippen molar-refractivity contribution in [2.24, 2.45) is 0 Å². The van der Waals surface area contributed by atoms with Gasteiger partial charge in [-0.05, 0) is 18.9 Å². The number of hydrogen-bond acceptors (Lipinski definition) is 5. The van der Waals surface area contributed by atoms with Gasteiger partial charge in [-0.2, -0.15) is 0 Å². The maximum atomic E-state index is 12.4. The number of methoxy groups -OCH3 is 2. The van der Waals surface area contributed by atoms with E-state index in [-0.39, 0.29) is 22.4 Å². The van der Waals surface area contributed by atoms with E-state index < -0.39 is 10.0 Å². The number of rotatable bonds is 5. The van der Waals surface area contributed by atoms with Gasteiger partial charge in [0, 0.05) is 12.1 Å². The van der Waals surface area contributed by atoms with Crippen LogP contribution in [0.1, 0.15) is 12.8 Å². The Labute approximate surface area is 118 Å². The van der Waals surface area contributed by atoms with Crippen molar-refractivity contribution in [3.63, 3.8) is 0 Å². The van der Waals surface area contributed by atoms with E-state index >= 15 is 0 Å². The summed E-state index contributed by atoms with van der Waals surface area (Å²) in [7, 11) is -0.821. The van der Waals surface area contributed by atoms with Crippen LogP contribution in [-0.4, -0.2) is 28.7 Å². The highest BCUT2D eigenvalue weighted by Crippen LogP contribution is 2.34. The van der Waals surface area contributed by atoms with Crippen LogP contribution in [0.4, 0.5) is 5.69 Å². The molecule has 0 aliphatic heterocycles. The largest absolute Gasteiger partial charge is 0.495 e. The fourth-order valence-corrected chi connectivity index (χ4v) is 3.55. The van der Waals surface area contributed by atoms with E-state index in [9.17, 15) is 8.42 Å². The number of nitrogens with two attached hydrogens (primary N) is 1. The first-order valence-corrected chi connectivity index (χ1v) is 7.65. The smallest absolute Gasteiger partial charge is 0.244 e. The number of anilines is 1. The van der Waals surface area contributed by atoms with E-state index in [1.807, 2.05) is 12.2 Å². The SMILES string of the molecule is COc1cc(OC)c(S(=O)(=O)NC2CC=CC2)cc1N. The lowest BCUT2D eigenvalue weighted by Crippen LogP contribution is -2.33. The van der Waals surface area contributed by atoms with Gasteiger partial charge in [0.25, 0.3) is 0 Å². The Morgan fingerprint density at radius 3 is 2.30 bits per heavy atom. The lowest BCUT2D eigenvalue weighted by atomic mass is 10.3. The molecule has 0 radical (unpaired) electrons. The summed E-state index contributed by atoms with van der Waals surface area (Å²) in [5.41, 5.74) is 6.02. The molecular weight excluding hydrogens is 280 g/mol. The van der Waals surface area contributed by atoms with E-state index in [0.717, 1.165) is 0 Å². The highest BCUT2D eigenvalue weighted by atomic mass is 32.2. The van der Waals surface area contributed by atoms with Gasteiger partial charge in [0.2, 0.25) is 10.0 Å². The zero-order valence-corrected chi connectivity index (χ0v) is 12.2. The van der Waals surface area contributed by atoms with Gasteiger partial charge < -0.3 is 15.2 Å². The minimum atomic E-state index is -3.68. The Balaban J connectivity index is 2.37. The second kappa shape index (κ2) is 5.72. The summed E-state index contributed by atoms with van der Waals surface area (Å²) in [4.78, 5) is 0.0187. The minimum Gasteiger partial charge on any atom is -0.495 e. The first-order chi connectivity index (χ1) is 9.47. The molecular formula is C13H18N2O4S. The van der Waals surface area contributed by atoms with Crippen molar-refractivity contribution in [1.82, 2.24) is 4.72 Å². The van der Waals surface area contributed by atoms with Gasteiger partial charge in [0.1, 0.15) is 16.4 Å². The molecule has 0 bridgehead atoms. The Morgan fingerprint density at radius 2 is 1.75 bits per heavy atom. The molecule has 0 saturated carbocycles. The van der Waals surface area contributed by atoms with Crippen LogP contribution >= 0.6 is 0 Å². The predicted molar refractivity (Wildman–Crippen MR) is 76.4 cm³/mol. The summed E-state index contributed by atoms with van der Waals surface area (Å²) >= 11 is 0. The molecule has 6 nitrogen and oxygen atoms in total. The molecule has 1 aliphatic carbocycles. The van der Waals surface area contributed by atoms with Crippen LogP contribution in [-0.2, 0) is 10.0 Å². The number of benzene rings is 1. The molecule has 3 N–H and O–H groups in total. The summed E-state index contributed by atoms with van der Waals surface area (Å²) in [5, 5.41) is 0. The summed E-state index contributed by atoms with van der Waals surface area (Å²) in [5.74, 6) is 0.581. The lowest BCUT2D eigenvalue weighted by Gasteiger charge is -2.16. The van der Waals surface area contributed by atoms with Gasteiger partial charge in [-0.15, -0.1) is 0 Å². The van der Waals surface area contributed by atoms with Gasteiger partial charge in [-0.3, -0.25) is 0 Å². The van der Waals surface area contributed by atoms with Crippen LogP contribution in [0.3, 0.4) is 0 Å². The Morgan fingerprint density at radius 1 is 1.15 bits per heavy atom. The monoisotopic (exact) mass is 298 g/mol. The molecule has 0 spiro atoms. The topological polar surface area (TPSA) is 90.6 Å². The number of hydrogen-bond donors (Lipinski definition) is 2. The van der Waals surface area contributed by atoms with Crippen LogP contribution in [0.15, 0.2) is 29.2 Å². The van der Waals surface area contributed by atoms with Crippen molar-refractivity contribution in [1.29, 1.82) is 0 Å². The van der Waals surface area contributed by atoms with E-state index in [0.29, 0.717) is 18.6 Å². The normalized spacial score (nSPS) is 15.5. The van der Waals surface area contributed by atoms with E-state index in [2.05, 4.69) is 4.72 Å².